The Morgan fingerprint density at radius 2 is 2.19 bits per heavy atom. The first kappa shape index (κ1) is 17.5. The number of nitriles is 1. The van der Waals surface area contributed by atoms with Gasteiger partial charge in [-0.05, 0) is 36.0 Å². The highest BCUT2D eigenvalue weighted by molar-refractivity contribution is 8.04. The van der Waals surface area contributed by atoms with Gasteiger partial charge in [-0.25, -0.2) is 9.78 Å². The van der Waals surface area contributed by atoms with Crippen molar-refractivity contribution in [3.05, 3.63) is 58.5 Å². The normalized spacial score (nSPS) is 11.3. The number of carboxylic acids is 1. The number of H-pyrrole nitrogens is 1. The molecule has 2 N–H and O–H groups in total. The van der Waals surface area contributed by atoms with Crippen molar-refractivity contribution in [3.8, 4) is 17.4 Å². The number of benzene rings is 1. The minimum absolute atomic E-state index is 0.0288. The van der Waals surface area contributed by atoms with E-state index in [9.17, 15) is 15.2 Å². The Kier molecular flexibility index (Phi) is 5.20. The molecule has 0 aliphatic rings. The van der Waals surface area contributed by atoms with Crippen molar-refractivity contribution >= 4 is 23.8 Å². The Hall–Kier alpha value is -3.31. The summed E-state index contributed by atoms with van der Waals surface area (Å²) in [7, 11) is 0. The molecule has 0 unspecified atom stereocenters. The van der Waals surface area contributed by atoms with Gasteiger partial charge >= 0.3 is 5.97 Å². The van der Waals surface area contributed by atoms with Crippen molar-refractivity contribution in [1.29, 1.82) is 5.26 Å². The van der Waals surface area contributed by atoms with Crippen molar-refractivity contribution < 1.29 is 14.3 Å². The summed E-state index contributed by atoms with van der Waals surface area (Å²) in [5.41, 5.74) is 1.14. The maximum atomic E-state index is 11.5. The quantitative estimate of drug-likeness (QED) is 0.504. The number of rotatable bonds is 6. The minimum atomic E-state index is -1.10. The van der Waals surface area contributed by atoms with Crippen LogP contribution in [0, 0.1) is 11.3 Å². The number of thioether (sulfide) groups is 1. The van der Waals surface area contributed by atoms with Crippen molar-refractivity contribution in [1.82, 2.24) is 15.2 Å². The summed E-state index contributed by atoms with van der Waals surface area (Å²) < 4.78 is 5.70. The van der Waals surface area contributed by atoms with E-state index in [0.29, 0.717) is 40.0 Å². The van der Waals surface area contributed by atoms with Gasteiger partial charge in [0, 0.05) is 18.1 Å². The molecule has 3 rings (SSSR count). The monoisotopic (exact) mass is 366 g/mol. The number of hydrogen-bond acceptors (Lipinski definition) is 6. The summed E-state index contributed by atoms with van der Waals surface area (Å²) in [6.07, 6.45) is 2.09. The highest BCUT2D eigenvalue weighted by atomic mass is 32.2. The number of carbonyl (C=O) groups is 1. The number of aryl methyl sites for hydroxylation is 1. The van der Waals surface area contributed by atoms with Gasteiger partial charge in [-0.3, -0.25) is 5.10 Å². The fourth-order valence-corrected chi connectivity index (χ4v) is 2.92. The molecule has 0 radical (unpaired) electrons. The molecular formula is C18H14N4O3S. The molecule has 26 heavy (non-hydrogen) atoms. The average molecular weight is 366 g/mol. The zero-order valence-electron chi connectivity index (χ0n) is 13.8. The first-order valence-electron chi connectivity index (χ1n) is 7.74. The number of aromatic nitrogens is 3. The zero-order valence-corrected chi connectivity index (χ0v) is 14.6. The van der Waals surface area contributed by atoms with Crippen molar-refractivity contribution in [2.75, 3.05) is 0 Å². The lowest BCUT2D eigenvalue weighted by Crippen LogP contribution is -1.97. The number of aromatic amines is 1. The minimum Gasteiger partial charge on any atom is -0.477 e. The van der Waals surface area contributed by atoms with Crippen LogP contribution in [0.1, 0.15) is 24.1 Å². The van der Waals surface area contributed by atoms with Gasteiger partial charge in [0.05, 0.1) is 11.6 Å². The molecule has 7 nitrogen and oxygen atoms in total. The van der Waals surface area contributed by atoms with Crippen molar-refractivity contribution in [2.45, 2.75) is 18.5 Å². The van der Waals surface area contributed by atoms with Gasteiger partial charge in [-0.15, -0.1) is 5.10 Å². The lowest BCUT2D eigenvalue weighted by Gasteiger charge is -2.00. The highest BCUT2D eigenvalue weighted by Crippen LogP contribution is 2.29. The van der Waals surface area contributed by atoms with Crippen LogP contribution in [-0.4, -0.2) is 26.3 Å². The van der Waals surface area contributed by atoms with E-state index in [2.05, 4.69) is 21.3 Å². The van der Waals surface area contributed by atoms with Crippen LogP contribution in [0.5, 0.6) is 0 Å². The van der Waals surface area contributed by atoms with E-state index < -0.39 is 5.97 Å². The highest BCUT2D eigenvalue weighted by Gasteiger charge is 2.15. The molecule has 0 spiro atoms. The fourth-order valence-electron chi connectivity index (χ4n) is 2.21. The van der Waals surface area contributed by atoms with Crippen LogP contribution in [0.2, 0.25) is 0 Å². The molecule has 0 saturated carbocycles. The summed E-state index contributed by atoms with van der Waals surface area (Å²) in [4.78, 5) is 15.7. The van der Waals surface area contributed by atoms with Gasteiger partial charge in [-0.2, -0.15) is 5.26 Å². The van der Waals surface area contributed by atoms with Crippen LogP contribution in [0.3, 0.4) is 0 Å². The maximum Gasteiger partial charge on any atom is 0.342 e. The number of nitrogens with one attached hydrogen (secondary N) is 1. The van der Waals surface area contributed by atoms with E-state index in [1.165, 1.54) is 6.08 Å². The third-order valence-electron chi connectivity index (χ3n) is 3.47. The maximum absolute atomic E-state index is 11.5. The van der Waals surface area contributed by atoms with Gasteiger partial charge < -0.3 is 9.52 Å². The van der Waals surface area contributed by atoms with Crippen molar-refractivity contribution in [2.24, 2.45) is 0 Å². The van der Waals surface area contributed by atoms with E-state index in [4.69, 9.17) is 4.42 Å². The molecule has 0 fully saturated rings. The number of nitrogens with zero attached hydrogens (tertiary/aromatic N) is 3. The van der Waals surface area contributed by atoms with Crippen LogP contribution in [0.4, 0.5) is 0 Å². The summed E-state index contributed by atoms with van der Waals surface area (Å²) in [6, 6.07) is 12.5. The standard InChI is InChI=1S/C18H14N4O3S/c1-2-16-20-18(22-21-16)26-15(17(23)24)9-12-7-8-14(25-12)13-6-4-3-5-11(13)10-19/h3-9H,2H2,1H3,(H,23,24)(H,20,21,22)/b15-9-. The third-order valence-corrected chi connectivity index (χ3v) is 4.35. The van der Waals surface area contributed by atoms with Crippen LogP contribution in [0.15, 0.2) is 50.9 Å². The second kappa shape index (κ2) is 7.72. The van der Waals surface area contributed by atoms with Gasteiger partial charge in [0.25, 0.3) is 0 Å². The first-order chi connectivity index (χ1) is 12.6. The summed E-state index contributed by atoms with van der Waals surface area (Å²) in [5.74, 6) is 0.442. The van der Waals surface area contributed by atoms with Gasteiger partial charge in [0.15, 0.2) is 0 Å². The van der Waals surface area contributed by atoms with E-state index >= 15 is 0 Å². The summed E-state index contributed by atoms with van der Waals surface area (Å²) in [5, 5.41) is 25.7. The molecule has 0 amide bonds. The second-order valence-corrected chi connectivity index (χ2v) is 6.20. The van der Waals surface area contributed by atoms with Gasteiger partial charge in [0.2, 0.25) is 5.16 Å². The molecule has 0 aliphatic carbocycles. The molecule has 0 bridgehead atoms. The number of aliphatic carboxylic acids is 1. The summed E-state index contributed by atoms with van der Waals surface area (Å²) >= 11 is 0.936. The predicted molar refractivity (Wildman–Crippen MR) is 96.1 cm³/mol. The van der Waals surface area contributed by atoms with Crippen LogP contribution in [0.25, 0.3) is 17.4 Å². The van der Waals surface area contributed by atoms with Crippen molar-refractivity contribution in [3.63, 3.8) is 0 Å². The van der Waals surface area contributed by atoms with E-state index in [1.54, 1.807) is 36.4 Å². The molecule has 130 valence electrons. The van der Waals surface area contributed by atoms with Crippen LogP contribution in [-0.2, 0) is 11.2 Å². The van der Waals surface area contributed by atoms with Crippen LogP contribution < -0.4 is 0 Å². The summed E-state index contributed by atoms with van der Waals surface area (Å²) in [6.45, 7) is 1.92. The van der Waals surface area contributed by atoms with Gasteiger partial charge in [0.1, 0.15) is 22.3 Å². The number of furan rings is 1. The second-order valence-electron chi connectivity index (χ2n) is 5.19. The lowest BCUT2D eigenvalue weighted by atomic mass is 10.1. The Bertz CT molecular complexity index is 1010. The third kappa shape index (κ3) is 3.84. The molecular weight excluding hydrogens is 352 g/mol. The topological polar surface area (TPSA) is 116 Å². The Labute approximate surface area is 153 Å². The first-order valence-corrected chi connectivity index (χ1v) is 8.55. The molecule has 0 saturated heterocycles. The average Bonchev–Trinajstić information content (AvgIpc) is 3.30. The molecule has 2 heterocycles. The zero-order chi connectivity index (χ0) is 18.5. The van der Waals surface area contributed by atoms with E-state index in [-0.39, 0.29) is 4.91 Å². The number of carboxylic acid groups (broad SMARTS) is 1. The molecule has 8 heteroatoms. The smallest absolute Gasteiger partial charge is 0.342 e. The SMILES string of the molecule is CCc1nc(S/C(=C\c2ccc(-c3ccccc3C#N)o2)C(=O)O)n[nH]1. The molecule has 3 aromatic rings. The molecule has 0 aliphatic heterocycles. The van der Waals surface area contributed by atoms with Crippen LogP contribution >= 0.6 is 11.8 Å². The van der Waals surface area contributed by atoms with Gasteiger partial charge in [-0.1, -0.05) is 19.1 Å². The number of hydrogen-bond donors (Lipinski definition) is 2. The Morgan fingerprint density at radius 1 is 1.38 bits per heavy atom. The molecule has 0 atom stereocenters. The largest absolute Gasteiger partial charge is 0.477 e. The fraction of sp³-hybridized carbons (Fsp3) is 0.111. The molecule has 1 aromatic carbocycles. The lowest BCUT2D eigenvalue weighted by molar-refractivity contribution is -0.131. The Balaban J connectivity index is 1.88. The van der Waals surface area contributed by atoms with E-state index in [0.717, 1.165) is 11.8 Å². The molecule has 2 aromatic heterocycles. The van der Waals surface area contributed by atoms with E-state index in [1.807, 2.05) is 6.92 Å². The Morgan fingerprint density at radius 3 is 2.88 bits per heavy atom. The predicted octanol–water partition coefficient (Wildman–Crippen LogP) is 3.72.